The number of carboxylic acids is 1. The highest BCUT2D eigenvalue weighted by Crippen LogP contribution is 2.22. The van der Waals surface area contributed by atoms with Gasteiger partial charge in [0.05, 0.1) is 0 Å². The van der Waals surface area contributed by atoms with Gasteiger partial charge in [0, 0.05) is 6.42 Å². The van der Waals surface area contributed by atoms with Crippen molar-refractivity contribution in [2.75, 3.05) is 6.54 Å². The van der Waals surface area contributed by atoms with E-state index in [4.69, 9.17) is 9.84 Å². The highest BCUT2D eigenvalue weighted by atomic mass is 16.6. The molecule has 0 aromatic carbocycles. The largest absolute Gasteiger partial charge is 0.480 e. The van der Waals surface area contributed by atoms with Gasteiger partial charge in [0.2, 0.25) is 11.8 Å². The Balaban J connectivity index is 2.75. The fourth-order valence-electron chi connectivity index (χ4n) is 1.75. The Bertz CT molecular complexity index is 440. The smallest absolute Gasteiger partial charge is 0.417 e. The Morgan fingerprint density at radius 2 is 2.00 bits per heavy atom. The van der Waals surface area contributed by atoms with E-state index in [1.807, 2.05) is 0 Å². The summed E-state index contributed by atoms with van der Waals surface area (Å²) in [6.45, 7) is 4.37. The quantitative estimate of drug-likeness (QED) is 0.761. The van der Waals surface area contributed by atoms with Crippen LogP contribution in [0, 0.1) is 0 Å². The van der Waals surface area contributed by atoms with Crippen molar-refractivity contribution in [3.05, 3.63) is 0 Å². The van der Waals surface area contributed by atoms with E-state index >= 15 is 0 Å². The van der Waals surface area contributed by atoms with Gasteiger partial charge in [-0.25, -0.2) is 9.69 Å². The van der Waals surface area contributed by atoms with Gasteiger partial charge in [0.15, 0.2) is 0 Å². The van der Waals surface area contributed by atoms with Crippen LogP contribution in [0.2, 0.25) is 0 Å². The van der Waals surface area contributed by atoms with E-state index in [2.05, 4.69) is 5.32 Å². The second-order valence-corrected chi connectivity index (χ2v) is 5.41. The molecular weight excluding hydrogens is 268 g/mol. The number of rotatable bonds is 3. The Morgan fingerprint density at radius 1 is 1.40 bits per heavy atom. The fraction of sp³-hybridized carbons (Fsp3) is 0.667. The van der Waals surface area contributed by atoms with E-state index in [1.54, 1.807) is 20.8 Å². The average Bonchev–Trinajstić information content (AvgIpc) is 2.65. The first-order valence-electron chi connectivity index (χ1n) is 6.16. The molecule has 1 fully saturated rings. The van der Waals surface area contributed by atoms with E-state index in [-0.39, 0.29) is 12.8 Å². The zero-order chi connectivity index (χ0) is 15.5. The summed E-state index contributed by atoms with van der Waals surface area (Å²) in [5.74, 6) is -2.38. The monoisotopic (exact) mass is 286 g/mol. The van der Waals surface area contributed by atoms with Crippen LogP contribution < -0.4 is 5.32 Å². The van der Waals surface area contributed by atoms with Gasteiger partial charge in [-0.05, 0) is 27.2 Å². The molecule has 0 aromatic rings. The maximum Gasteiger partial charge on any atom is 0.417 e. The van der Waals surface area contributed by atoms with Gasteiger partial charge in [-0.15, -0.1) is 0 Å². The molecule has 20 heavy (non-hydrogen) atoms. The Labute approximate surface area is 116 Å². The van der Waals surface area contributed by atoms with Crippen molar-refractivity contribution < 1.29 is 29.0 Å². The summed E-state index contributed by atoms with van der Waals surface area (Å²) in [5, 5.41) is 10.7. The van der Waals surface area contributed by atoms with Gasteiger partial charge in [0.25, 0.3) is 0 Å². The van der Waals surface area contributed by atoms with E-state index in [0.29, 0.717) is 0 Å². The number of aliphatic carboxylic acids is 1. The van der Waals surface area contributed by atoms with Crippen molar-refractivity contribution in [1.29, 1.82) is 0 Å². The minimum Gasteiger partial charge on any atom is -0.480 e. The van der Waals surface area contributed by atoms with Crippen LogP contribution in [-0.2, 0) is 19.1 Å². The van der Waals surface area contributed by atoms with Crippen molar-refractivity contribution >= 4 is 23.9 Å². The molecule has 1 atom stereocenters. The number of hydrogen-bond acceptors (Lipinski definition) is 5. The number of ether oxygens (including phenoxy) is 1. The van der Waals surface area contributed by atoms with Crippen LogP contribution in [0.4, 0.5) is 4.79 Å². The standard InChI is InChI=1S/C12H18N2O6/c1-12(2,3)20-11(19)14-7(4-5-8(14)15)10(18)13-6-9(16)17/h7H,4-6H2,1-3H3,(H,13,18)(H,16,17). The molecule has 0 radical (unpaired) electrons. The van der Waals surface area contributed by atoms with Gasteiger partial charge in [0.1, 0.15) is 18.2 Å². The fourth-order valence-corrected chi connectivity index (χ4v) is 1.75. The maximum absolute atomic E-state index is 11.9. The molecule has 8 nitrogen and oxygen atoms in total. The Morgan fingerprint density at radius 3 is 2.50 bits per heavy atom. The first-order chi connectivity index (χ1) is 9.11. The van der Waals surface area contributed by atoms with Gasteiger partial charge in [-0.1, -0.05) is 0 Å². The number of nitrogens with one attached hydrogen (secondary N) is 1. The molecule has 2 N–H and O–H groups in total. The zero-order valence-electron chi connectivity index (χ0n) is 11.6. The van der Waals surface area contributed by atoms with Gasteiger partial charge in [-0.2, -0.15) is 0 Å². The summed E-state index contributed by atoms with van der Waals surface area (Å²) in [6.07, 6.45) is -0.691. The summed E-state index contributed by atoms with van der Waals surface area (Å²) in [5.41, 5.74) is -0.790. The molecule has 1 saturated heterocycles. The van der Waals surface area contributed by atoms with Crippen LogP contribution in [-0.4, -0.2) is 52.1 Å². The van der Waals surface area contributed by atoms with E-state index in [1.165, 1.54) is 0 Å². The van der Waals surface area contributed by atoms with Crippen LogP contribution in [0.3, 0.4) is 0 Å². The van der Waals surface area contributed by atoms with Crippen LogP contribution in [0.25, 0.3) is 0 Å². The summed E-state index contributed by atoms with van der Waals surface area (Å²) in [4.78, 5) is 46.5. The van der Waals surface area contributed by atoms with Crippen molar-refractivity contribution in [2.24, 2.45) is 0 Å². The molecule has 1 unspecified atom stereocenters. The summed E-state index contributed by atoms with van der Waals surface area (Å²) in [6, 6.07) is -1.02. The minimum atomic E-state index is -1.20. The SMILES string of the molecule is CC(C)(C)OC(=O)N1C(=O)CCC1C(=O)NCC(=O)O. The lowest BCUT2D eigenvalue weighted by atomic mass is 10.2. The number of amides is 3. The average molecular weight is 286 g/mol. The predicted molar refractivity (Wildman–Crippen MR) is 66.7 cm³/mol. The Kier molecular flexibility index (Phi) is 4.69. The number of hydrogen-bond donors (Lipinski definition) is 2. The first kappa shape index (κ1) is 15.9. The third kappa shape index (κ3) is 4.22. The molecule has 3 amide bonds. The van der Waals surface area contributed by atoms with Crippen molar-refractivity contribution in [3.63, 3.8) is 0 Å². The Hall–Kier alpha value is -2.12. The molecule has 0 aromatic heterocycles. The lowest BCUT2D eigenvalue weighted by molar-refractivity contribution is -0.139. The van der Waals surface area contributed by atoms with Gasteiger partial charge < -0.3 is 15.2 Å². The highest BCUT2D eigenvalue weighted by molar-refractivity contribution is 6.01. The third-order valence-electron chi connectivity index (χ3n) is 2.52. The second kappa shape index (κ2) is 5.89. The number of imide groups is 1. The van der Waals surface area contributed by atoms with E-state index in [0.717, 1.165) is 4.90 Å². The number of carbonyl (C=O) groups excluding carboxylic acids is 3. The molecule has 8 heteroatoms. The van der Waals surface area contributed by atoms with Gasteiger partial charge >= 0.3 is 12.1 Å². The van der Waals surface area contributed by atoms with Crippen LogP contribution in [0.1, 0.15) is 33.6 Å². The molecule has 0 saturated carbocycles. The van der Waals surface area contributed by atoms with Crippen LogP contribution in [0.15, 0.2) is 0 Å². The maximum atomic E-state index is 11.9. The van der Waals surface area contributed by atoms with E-state index < -0.39 is 42.1 Å². The van der Waals surface area contributed by atoms with Crippen LogP contribution >= 0.6 is 0 Å². The number of carbonyl (C=O) groups is 4. The summed E-state index contributed by atoms with van der Waals surface area (Å²) >= 11 is 0. The number of nitrogens with zero attached hydrogens (tertiary/aromatic N) is 1. The lowest BCUT2D eigenvalue weighted by Crippen LogP contribution is -2.49. The molecule has 1 rings (SSSR count). The lowest BCUT2D eigenvalue weighted by Gasteiger charge is -2.26. The summed E-state index contributed by atoms with van der Waals surface area (Å²) in [7, 11) is 0. The molecular formula is C12H18N2O6. The highest BCUT2D eigenvalue weighted by Gasteiger charge is 2.42. The van der Waals surface area contributed by atoms with Gasteiger partial charge in [-0.3, -0.25) is 14.4 Å². The minimum absolute atomic E-state index is 0.0460. The second-order valence-electron chi connectivity index (χ2n) is 5.41. The normalized spacial score (nSPS) is 18.9. The summed E-state index contributed by atoms with van der Waals surface area (Å²) < 4.78 is 5.07. The number of likely N-dealkylation sites (tertiary alicyclic amines) is 1. The molecule has 0 spiro atoms. The zero-order valence-corrected chi connectivity index (χ0v) is 11.6. The third-order valence-corrected chi connectivity index (χ3v) is 2.52. The molecule has 112 valence electrons. The molecule has 1 aliphatic rings. The molecule has 0 aliphatic carbocycles. The predicted octanol–water partition coefficient (Wildman–Crippen LogP) is 0.113. The van der Waals surface area contributed by atoms with Crippen molar-refractivity contribution in [2.45, 2.75) is 45.3 Å². The number of carboxylic acid groups (broad SMARTS) is 1. The first-order valence-corrected chi connectivity index (χ1v) is 6.16. The van der Waals surface area contributed by atoms with Crippen molar-refractivity contribution in [3.8, 4) is 0 Å². The molecule has 1 aliphatic heterocycles. The van der Waals surface area contributed by atoms with Crippen LogP contribution in [0.5, 0.6) is 0 Å². The van der Waals surface area contributed by atoms with Crippen molar-refractivity contribution in [1.82, 2.24) is 10.2 Å². The molecule has 0 bridgehead atoms. The van der Waals surface area contributed by atoms with E-state index in [9.17, 15) is 19.2 Å². The molecule has 1 heterocycles. The topological polar surface area (TPSA) is 113 Å².